The van der Waals surface area contributed by atoms with Gasteiger partial charge in [0.1, 0.15) is 5.75 Å². The number of anilines is 1. The summed E-state index contributed by atoms with van der Waals surface area (Å²) < 4.78 is 49.2. The summed E-state index contributed by atoms with van der Waals surface area (Å²) in [7, 11) is 0. The number of alkyl halides is 3. The van der Waals surface area contributed by atoms with E-state index in [-0.39, 0.29) is 11.8 Å². The molecule has 0 fully saturated rings. The van der Waals surface area contributed by atoms with Crippen molar-refractivity contribution in [3.8, 4) is 11.4 Å². The van der Waals surface area contributed by atoms with Crippen LogP contribution in [0.2, 0.25) is 0 Å². The number of aryl methyl sites for hydroxylation is 2. The van der Waals surface area contributed by atoms with Crippen molar-refractivity contribution in [1.29, 1.82) is 0 Å². The summed E-state index contributed by atoms with van der Waals surface area (Å²) in [5.41, 5.74) is 4.77. The van der Waals surface area contributed by atoms with Crippen molar-refractivity contribution in [2.75, 3.05) is 5.32 Å². The monoisotopic (exact) mass is 499 g/mol. The number of halogens is 3. The van der Waals surface area contributed by atoms with Gasteiger partial charge in [-0.2, -0.15) is 5.10 Å². The highest BCUT2D eigenvalue weighted by Crippen LogP contribution is 2.24. The van der Waals surface area contributed by atoms with Gasteiger partial charge in [-0.15, -0.1) is 13.2 Å². The molecule has 0 aliphatic rings. The van der Waals surface area contributed by atoms with Gasteiger partial charge >= 0.3 is 12.4 Å². The van der Waals surface area contributed by atoms with E-state index in [0.717, 1.165) is 39.9 Å². The minimum Gasteiger partial charge on any atom is -0.406 e. The van der Waals surface area contributed by atoms with Crippen molar-refractivity contribution in [1.82, 2.24) is 14.5 Å². The predicted octanol–water partition coefficient (Wildman–Crippen LogP) is 6.34. The second kappa shape index (κ2) is 10.1. The molecular weight excluding hydrogens is 479 g/mol. The molecule has 3 aromatic carbocycles. The molecule has 0 radical (unpaired) electrons. The molecular formula is C24H20F3N5O2S. The van der Waals surface area contributed by atoms with Crippen LogP contribution in [0.1, 0.15) is 16.7 Å². The summed E-state index contributed by atoms with van der Waals surface area (Å²) in [5, 5.41) is 8.07. The minimum atomic E-state index is -4.74. The second-order valence-corrected chi connectivity index (χ2v) is 8.18. The van der Waals surface area contributed by atoms with Crippen LogP contribution in [0, 0.1) is 13.8 Å². The molecule has 0 aliphatic heterocycles. The molecule has 0 saturated carbocycles. The van der Waals surface area contributed by atoms with E-state index in [0.29, 0.717) is 11.2 Å². The van der Waals surface area contributed by atoms with Crippen molar-refractivity contribution in [3.63, 3.8) is 0 Å². The zero-order valence-electron chi connectivity index (χ0n) is 18.6. The number of carbonyl (C=O) groups excluding carboxylic acids is 1. The molecule has 0 spiro atoms. The van der Waals surface area contributed by atoms with Crippen molar-refractivity contribution in [3.05, 3.63) is 83.6 Å². The summed E-state index contributed by atoms with van der Waals surface area (Å²) in [5.74, 6) is -0.301. The number of hydrogen-bond donors (Lipinski definition) is 2. The molecule has 35 heavy (non-hydrogen) atoms. The Labute approximate surface area is 203 Å². The highest BCUT2D eigenvalue weighted by atomic mass is 32.2. The molecule has 0 saturated heterocycles. The number of nitrogens with zero attached hydrogens (tertiary/aromatic N) is 3. The first kappa shape index (κ1) is 24.1. The highest BCUT2D eigenvalue weighted by Gasteiger charge is 2.31. The molecule has 4 rings (SSSR count). The van der Waals surface area contributed by atoms with Gasteiger partial charge in [0.2, 0.25) is 0 Å². The van der Waals surface area contributed by atoms with Gasteiger partial charge in [-0.25, -0.2) is 13.9 Å². The first-order valence-corrected chi connectivity index (χ1v) is 11.1. The number of rotatable bonds is 6. The number of carbonyl (C=O) groups is 1. The highest BCUT2D eigenvalue weighted by molar-refractivity contribution is 7.96. The summed E-state index contributed by atoms with van der Waals surface area (Å²) in [4.78, 5) is 12.1. The van der Waals surface area contributed by atoms with Crippen LogP contribution in [0.15, 0.2) is 71.3 Å². The Balaban J connectivity index is 1.37. The number of benzene rings is 3. The average Bonchev–Trinajstić information content (AvgIpc) is 3.22. The van der Waals surface area contributed by atoms with Gasteiger partial charge in [0.15, 0.2) is 0 Å². The van der Waals surface area contributed by atoms with Gasteiger partial charge in [-0.3, -0.25) is 4.72 Å². The SMILES string of the molecule is Cc1cccc(C)c1NC(=O)NS/N=C/c1ccc2nn(-c3ccc(OC(F)(F)F)cc3)cc2c1. The van der Waals surface area contributed by atoms with Crippen LogP contribution in [0.3, 0.4) is 0 Å². The van der Waals surface area contributed by atoms with Crippen LogP contribution < -0.4 is 14.8 Å². The number of urea groups is 1. The van der Waals surface area contributed by atoms with Crippen LogP contribution in [-0.4, -0.2) is 28.4 Å². The zero-order chi connectivity index (χ0) is 25.0. The molecule has 1 heterocycles. The van der Waals surface area contributed by atoms with Gasteiger partial charge in [-0.1, -0.05) is 24.3 Å². The minimum absolute atomic E-state index is 0.301. The van der Waals surface area contributed by atoms with Gasteiger partial charge in [0, 0.05) is 23.5 Å². The van der Waals surface area contributed by atoms with Crippen LogP contribution in [0.25, 0.3) is 16.6 Å². The number of para-hydroxylation sites is 1. The summed E-state index contributed by atoms with van der Waals surface area (Å²) in [6.45, 7) is 3.84. The Kier molecular flexibility index (Phi) is 6.97. The molecule has 0 aliphatic carbocycles. The molecule has 180 valence electrons. The van der Waals surface area contributed by atoms with E-state index in [1.807, 2.05) is 44.2 Å². The van der Waals surface area contributed by atoms with Gasteiger partial charge in [0.25, 0.3) is 0 Å². The lowest BCUT2D eigenvalue weighted by atomic mass is 10.1. The molecule has 0 bridgehead atoms. The van der Waals surface area contributed by atoms with Gasteiger partial charge < -0.3 is 10.1 Å². The molecule has 0 unspecified atom stereocenters. The van der Waals surface area contributed by atoms with E-state index in [1.54, 1.807) is 23.2 Å². The normalized spacial score (nSPS) is 11.7. The maximum atomic E-state index is 12.3. The number of aromatic nitrogens is 2. The number of hydrogen-bond acceptors (Lipinski definition) is 5. The molecule has 7 nitrogen and oxygen atoms in total. The molecule has 4 aromatic rings. The Bertz CT molecular complexity index is 1360. The van der Waals surface area contributed by atoms with E-state index >= 15 is 0 Å². The zero-order valence-corrected chi connectivity index (χ0v) is 19.4. The van der Waals surface area contributed by atoms with E-state index in [1.165, 1.54) is 24.3 Å². The van der Waals surface area contributed by atoms with Crippen molar-refractivity contribution >= 4 is 41.0 Å². The Morgan fingerprint density at radius 3 is 2.49 bits per heavy atom. The van der Waals surface area contributed by atoms with Crippen LogP contribution >= 0.6 is 12.1 Å². The van der Waals surface area contributed by atoms with Crippen molar-refractivity contribution in [2.24, 2.45) is 4.40 Å². The lowest BCUT2D eigenvalue weighted by Crippen LogP contribution is -2.23. The fourth-order valence-corrected chi connectivity index (χ4v) is 3.72. The second-order valence-electron chi connectivity index (χ2n) is 7.58. The standard InChI is InChI=1S/C24H20F3N5O2S/c1-15-4-3-5-16(2)22(15)29-23(33)31-35-28-13-17-6-11-21-18(12-17)14-32(30-21)19-7-9-20(10-8-19)34-24(25,26)27/h3-14H,1-2H3,(H2,29,31,33)/b28-13+. The third kappa shape index (κ3) is 6.33. The summed E-state index contributed by atoms with van der Waals surface area (Å²) in [6.07, 6.45) is -1.38. The fourth-order valence-electron chi connectivity index (χ4n) is 3.36. The van der Waals surface area contributed by atoms with Gasteiger partial charge in [-0.05, 0) is 66.9 Å². The van der Waals surface area contributed by atoms with E-state index < -0.39 is 6.36 Å². The van der Waals surface area contributed by atoms with E-state index in [4.69, 9.17) is 0 Å². The first-order chi connectivity index (χ1) is 16.7. The van der Waals surface area contributed by atoms with Crippen molar-refractivity contribution < 1.29 is 22.7 Å². The first-order valence-electron chi connectivity index (χ1n) is 10.4. The van der Waals surface area contributed by atoms with Crippen molar-refractivity contribution in [2.45, 2.75) is 20.2 Å². The van der Waals surface area contributed by atoms with Crippen LogP contribution in [0.5, 0.6) is 5.75 Å². The molecule has 1 aromatic heterocycles. The number of amides is 2. The Morgan fingerprint density at radius 1 is 1.09 bits per heavy atom. The van der Waals surface area contributed by atoms with E-state index in [2.05, 4.69) is 24.3 Å². The molecule has 11 heteroatoms. The summed E-state index contributed by atoms with van der Waals surface area (Å²) >= 11 is 0.894. The predicted molar refractivity (Wildman–Crippen MR) is 131 cm³/mol. The molecule has 2 N–H and O–H groups in total. The van der Waals surface area contributed by atoms with Gasteiger partial charge in [0.05, 0.1) is 23.3 Å². The van der Waals surface area contributed by atoms with Crippen LogP contribution in [-0.2, 0) is 0 Å². The maximum absolute atomic E-state index is 12.3. The molecule has 2 amide bonds. The number of nitrogens with one attached hydrogen (secondary N) is 2. The average molecular weight is 500 g/mol. The quantitative estimate of drug-likeness (QED) is 0.240. The lowest BCUT2D eigenvalue weighted by molar-refractivity contribution is -0.274. The van der Waals surface area contributed by atoms with Crippen LogP contribution in [0.4, 0.5) is 23.7 Å². The maximum Gasteiger partial charge on any atom is 0.573 e. The largest absolute Gasteiger partial charge is 0.573 e. The number of ether oxygens (including phenoxy) is 1. The van der Waals surface area contributed by atoms with E-state index in [9.17, 15) is 18.0 Å². The summed E-state index contributed by atoms with van der Waals surface area (Å²) in [6, 6.07) is 16.3. The Hall–Kier alpha value is -3.99. The Morgan fingerprint density at radius 2 is 1.80 bits per heavy atom. The third-order valence-electron chi connectivity index (χ3n) is 4.98. The topological polar surface area (TPSA) is 80.5 Å². The smallest absolute Gasteiger partial charge is 0.406 e. The lowest BCUT2D eigenvalue weighted by Gasteiger charge is -2.10. The molecule has 0 atom stereocenters. The third-order valence-corrected chi connectivity index (χ3v) is 5.46. The fraction of sp³-hybridized carbons (Fsp3) is 0.125. The number of fused-ring (bicyclic) bond motifs is 1.